The molecule has 1 rings (SSSR count). The number of benzene rings is 1. The molecule has 0 bridgehead atoms. The van der Waals surface area contributed by atoms with Gasteiger partial charge in [0.05, 0.1) is 0 Å². The molecular formula is C17H26F4O4Zr. The van der Waals surface area contributed by atoms with Crippen molar-refractivity contribution in [1.82, 2.24) is 0 Å². The van der Waals surface area contributed by atoms with Gasteiger partial charge in [0.15, 0.2) is 0 Å². The van der Waals surface area contributed by atoms with E-state index in [1.165, 1.54) is 0 Å². The number of hydrogen-bond donors (Lipinski definition) is 0. The summed E-state index contributed by atoms with van der Waals surface area (Å²) in [5.41, 5.74) is -1.59. The van der Waals surface area contributed by atoms with Crippen molar-refractivity contribution in [3.05, 3.63) is 34.4 Å². The third-order valence-electron chi connectivity index (χ3n) is 3.11. The van der Waals surface area contributed by atoms with Crippen LogP contribution in [0.2, 0.25) is 0 Å². The fraction of sp³-hybridized carbons (Fsp3) is 0.647. The molecule has 0 spiro atoms. The molecule has 0 saturated heterocycles. The molecular weight excluding hydrogens is 435 g/mol. The quantitative estimate of drug-likeness (QED) is 0.376. The molecule has 0 N–H and O–H groups in total. The molecule has 0 aliphatic rings. The molecule has 0 fully saturated rings. The van der Waals surface area contributed by atoms with E-state index in [4.69, 9.17) is 11.3 Å². The second kappa shape index (κ2) is 9.74. The summed E-state index contributed by atoms with van der Waals surface area (Å²) in [6.07, 6.45) is -1.03. The molecule has 0 radical (unpaired) electrons. The van der Waals surface area contributed by atoms with Crippen molar-refractivity contribution < 1.29 is 50.8 Å². The molecule has 0 amide bonds. The summed E-state index contributed by atoms with van der Waals surface area (Å²) in [6.45, 7) is 10.6. The van der Waals surface area contributed by atoms with Crippen LogP contribution < -0.4 is 0 Å². The van der Waals surface area contributed by atoms with E-state index >= 15 is 0 Å². The first kappa shape index (κ1) is 23.7. The molecule has 0 aliphatic carbocycles. The zero-order valence-corrected chi connectivity index (χ0v) is 18.5. The van der Waals surface area contributed by atoms with E-state index in [0.717, 1.165) is 6.92 Å². The van der Waals surface area contributed by atoms with Gasteiger partial charge in [-0.15, -0.1) is 0 Å². The van der Waals surface area contributed by atoms with E-state index in [9.17, 15) is 17.6 Å². The second-order valence-electron chi connectivity index (χ2n) is 6.65. The standard InChI is InChI=1S/C8H5F4O.3C3H7O.Zr/c1-3-5(9)7(11)4(2-13)8(12)6(3)10;3*1-3(2)4;/h2H2,1H3;3*3H,1-2H3;/q4*-1;+4. The van der Waals surface area contributed by atoms with Crippen LogP contribution in [-0.2, 0) is 39.9 Å². The molecule has 0 atom stereocenters. The third kappa shape index (κ3) is 6.09. The normalized spacial score (nSPS) is 12.7. The Labute approximate surface area is 158 Å². The predicted molar refractivity (Wildman–Crippen MR) is 84.5 cm³/mol. The average molecular weight is 462 g/mol. The van der Waals surface area contributed by atoms with Gasteiger partial charge in [0.2, 0.25) is 0 Å². The SMILES string of the molecule is Cc1c(F)c(F)c(C[O][Zr]([O]C(C)C)([O]C(C)C)[O]C(C)C)c(F)c1F. The fourth-order valence-electron chi connectivity index (χ4n) is 2.13. The maximum atomic E-state index is 14.1. The maximum absolute atomic E-state index is 14.1. The fourth-order valence-corrected chi connectivity index (χ4v) is 8.08. The zero-order valence-electron chi connectivity index (χ0n) is 16.1. The summed E-state index contributed by atoms with van der Waals surface area (Å²) >= 11 is -4.74. The van der Waals surface area contributed by atoms with Gasteiger partial charge in [-0.1, -0.05) is 0 Å². The number of hydrogen-bond acceptors (Lipinski definition) is 4. The Bertz CT molecular complexity index is 568. The first-order chi connectivity index (χ1) is 11.9. The average Bonchev–Trinajstić information content (AvgIpc) is 2.48. The third-order valence-corrected chi connectivity index (χ3v) is 9.94. The minimum atomic E-state index is -4.74. The summed E-state index contributed by atoms with van der Waals surface area (Å²) < 4.78 is 78.6. The van der Waals surface area contributed by atoms with Crippen LogP contribution in [0.4, 0.5) is 17.6 Å². The van der Waals surface area contributed by atoms with Gasteiger partial charge in [-0.2, -0.15) is 0 Å². The van der Waals surface area contributed by atoms with Crippen molar-refractivity contribution in [3.8, 4) is 0 Å². The Morgan fingerprint density at radius 2 is 1.04 bits per heavy atom. The van der Waals surface area contributed by atoms with Crippen molar-refractivity contribution in [3.63, 3.8) is 0 Å². The molecule has 26 heavy (non-hydrogen) atoms. The molecule has 9 heteroatoms. The van der Waals surface area contributed by atoms with Crippen molar-refractivity contribution in [2.75, 3.05) is 0 Å². The van der Waals surface area contributed by atoms with E-state index in [-0.39, 0.29) is 18.3 Å². The molecule has 1 aromatic rings. The van der Waals surface area contributed by atoms with Crippen LogP contribution in [0.15, 0.2) is 0 Å². The topological polar surface area (TPSA) is 36.9 Å². The number of halogens is 4. The second-order valence-corrected chi connectivity index (χ2v) is 11.6. The van der Waals surface area contributed by atoms with Crippen molar-refractivity contribution in [1.29, 1.82) is 0 Å². The van der Waals surface area contributed by atoms with Crippen LogP contribution in [-0.4, -0.2) is 18.3 Å². The van der Waals surface area contributed by atoms with Crippen LogP contribution in [0.1, 0.15) is 52.7 Å². The Morgan fingerprint density at radius 1 is 0.692 bits per heavy atom. The molecule has 150 valence electrons. The van der Waals surface area contributed by atoms with E-state index in [2.05, 4.69) is 0 Å². The van der Waals surface area contributed by atoms with Gasteiger partial charge < -0.3 is 0 Å². The van der Waals surface area contributed by atoms with Crippen LogP contribution in [0, 0.1) is 30.2 Å². The van der Waals surface area contributed by atoms with E-state index < -0.39 is 63.0 Å². The molecule has 1 aromatic carbocycles. The van der Waals surface area contributed by atoms with E-state index in [1.807, 2.05) is 0 Å². The van der Waals surface area contributed by atoms with Gasteiger partial charge in [-0.25, -0.2) is 0 Å². The first-order valence-electron chi connectivity index (χ1n) is 8.39. The van der Waals surface area contributed by atoms with Crippen LogP contribution >= 0.6 is 0 Å². The number of rotatable bonds is 9. The van der Waals surface area contributed by atoms with Gasteiger partial charge >= 0.3 is 159 Å². The van der Waals surface area contributed by atoms with Gasteiger partial charge in [0.25, 0.3) is 0 Å². The van der Waals surface area contributed by atoms with E-state index in [1.54, 1.807) is 41.5 Å². The minimum absolute atomic E-state index is 0.343. The molecule has 0 unspecified atom stereocenters. The summed E-state index contributed by atoms with van der Waals surface area (Å²) in [4.78, 5) is 0. The van der Waals surface area contributed by atoms with Gasteiger partial charge in [0.1, 0.15) is 0 Å². The van der Waals surface area contributed by atoms with Gasteiger partial charge in [-0.3, -0.25) is 0 Å². The molecule has 4 nitrogen and oxygen atoms in total. The first-order valence-corrected chi connectivity index (χ1v) is 12.4. The van der Waals surface area contributed by atoms with Gasteiger partial charge in [0, 0.05) is 0 Å². The Kier molecular flexibility index (Phi) is 8.88. The Hall–Kier alpha value is -0.337. The van der Waals surface area contributed by atoms with Crippen LogP contribution in [0.5, 0.6) is 0 Å². The molecule has 0 heterocycles. The Morgan fingerprint density at radius 3 is 1.35 bits per heavy atom. The summed E-state index contributed by atoms with van der Waals surface area (Å²) in [5, 5.41) is 0. The van der Waals surface area contributed by atoms with Crippen molar-refractivity contribution >= 4 is 0 Å². The molecule has 0 saturated carbocycles. The summed E-state index contributed by atoms with van der Waals surface area (Å²) in [5.74, 6) is -5.91. The van der Waals surface area contributed by atoms with Crippen molar-refractivity contribution in [2.45, 2.75) is 73.4 Å². The molecule has 0 aliphatic heterocycles. The summed E-state index contributed by atoms with van der Waals surface area (Å²) in [6, 6.07) is 0. The van der Waals surface area contributed by atoms with E-state index in [0.29, 0.717) is 0 Å². The summed E-state index contributed by atoms with van der Waals surface area (Å²) in [7, 11) is 0. The molecule has 0 aromatic heterocycles. The van der Waals surface area contributed by atoms with Crippen LogP contribution in [0.25, 0.3) is 0 Å². The predicted octanol–water partition coefficient (Wildman–Crippen LogP) is 5.16. The van der Waals surface area contributed by atoms with Gasteiger partial charge in [-0.05, 0) is 0 Å². The van der Waals surface area contributed by atoms with Crippen molar-refractivity contribution in [2.24, 2.45) is 0 Å². The Balaban J connectivity index is 3.24. The van der Waals surface area contributed by atoms with Crippen LogP contribution in [0.3, 0.4) is 0 Å². The monoisotopic (exact) mass is 460 g/mol. The zero-order chi connectivity index (χ0) is 20.2.